The molecule has 0 atom stereocenters. The summed E-state index contributed by atoms with van der Waals surface area (Å²) in [6.07, 6.45) is 0. The van der Waals surface area contributed by atoms with Crippen LogP contribution in [0, 0.1) is 6.92 Å². The molecular weight excluding hydrogens is 374 g/mol. The molecule has 0 aliphatic rings. The van der Waals surface area contributed by atoms with Crippen LogP contribution < -0.4 is 11.1 Å². The summed E-state index contributed by atoms with van der Waals surface area (Å²) in [5.74, 6) is -0.345. The summed E-state index contributed by atoms with van der Waals surface area (Å²) in [6.45, 7) is 6.10. The number of halogens is 1. The Kier molecular flexibility index (Phi) is 7.62. The topological polar surface area (TPSA) is 92.5 Å². The summed E-state index contributed by atoms with van der Waals surface area (Å²) in [4.78, 5) is 12.5. The molecule has 2 rings (SSSR count). The van der Waals surface area contributed by atoms with Crippen LogP contribution in [0.3, 0.4) is 0 Å². The SMILES string of the molecule is CCN(CC)S(=O)(=O)c1cc(NC(=O)c2cccc(N)c2)ccc1C.Cl. The zero-order chi connectivity index (χ0) is 18.6. The van der Waals surface area contributed by atoms with E-state index in [1.807, 2.05) is 0 Å². The van der Waals surface area contributed by atoms with E-state index in [-0.39, 0.29) is 23.2 Å². The van der Waals surface area contributed by atoms with Gasteiger partial charge in [-0.05, 0) is 42.8 Å². The first kappa shape index (κ1) is 22.0. The highest BCUT2D eigenvalue weighted by atomic mass is 35.5. The summed E-state index contributed by atoms with van der Waals surface area (Å²) in [7, 11) is -3.60. The number of benzene rings is 2. The van der Waals surface area contributed by atoms with Gasteiger partial charge in [0.1, 0.15) is 0 Å². The van der Waals surface area contributed by atoms with Crippen molar-refractivity contribution in [3.8, 4) is 0 Å². The number of aryl methyl sites for hydroxylation is 1. The largest absolute Gasteiger partial charge is 0.399 e. The van der Waals surface area contributed by atoms with Crippen molar-refractivity contribution in [2.75, 3.05) is 24.1 Å². The Morgan fingerprint density at radius 3 is 2.35 bits per heavy atom. The zero-order valence-electron chi connectivity index (χ0n) is 15.0. The lowest BCUT2D eigenvalue weighted by Crippen LogP contribution is -2.31. The first-order valence-corrected chi connectivity index (χ1v) is 9.51. The predicted molar refractivity (Wildman–Crippen MR) is 107 cm³/mol. The highest BCUT2D eigenvalue weighted by Crippen LogP contribution is 2.24. The van der Waals surface area contributed by atoms with Gasteiger partial charge in [-0.1, -0.05) is 26.0 Å². The van der Waals surface area contributed by atoms with Crippen molar-refractivity contribution in [1.82, 2.24) is 4.31 Å². The molecule has 142 valence electrons. The number of carbonyl (C=O) groups excluding carboxylic acids is 1. The molecule has 0 saturated carbocycles. The third kappa shape index (κ3) is 4.75. The van der Waals surface area contributed by atoms with E-state index < -0.39 is 10.0 Å². The number of hydrogen-bond acceptors (Lipinski definition) is 4. The van der Waals surface area contributed by atoms with E-state index in [1.165, 1.54) is 10.4 Å². The molecule has 0 aromatic heterocycles. The molecule has 0 spiro atoms. The second kappa shape index (κ2) is 9.02. The minimum Gasteiger partial charge on any atom is -0.399 e. The Labute approximate surface area is 160 Å². The van der Waals surface area contributed by atoms with Crippen molar-refractivity contribution in [3.63, 3.8) is 0 Å². The minimum absolute atomic E-state index is 0. The second-order valence-electron chi connectivity index (χ2n) is 5.65. The molecule has 0 bridgehead atoms. The van der Waals surface area contributed by atoms with Crippen molar-refractivity contribution < 1.29 is 13.2 Å². The number of anilines is 2. The van der Waals surface area contributed by atoms with Crippen LogP contribution in [-0.2, 0) is 10.0 Å². The molecule has 2 aromatic rings. The second-order valence-corrected chi connectivity index (χ2v) is 7.56. The minimum atomic E-state index is -3.60. The standard InChI is InChI=1S/C18H23N3O3S.ClH/c1-4-21(5-2)25(23,24)17-12-16(10-9-13(17)3)20-18(22)14-7-6-8-15(19)11-14;/h6-12H,4-5,19H2,1-3H3,(H,20,22);1H. The molecule has 2 aromatic carbocycles. The average molecular weight is 398 g/mol. The van der Waals surface area contributed by atoms with Gasteiger partial charge in [-0.15, -0.1) is 12.4 Å². The monoisotopic (exact) mass is 397 g/mol. The number of amides is 1. The maximum absolute atomic E-state index is 12.8. The molecule has 0 radical (unpaired) electrons. The Bertz CT molecular complexity index is 881. The number of nitrogens with one attached hydrogen (secondary N) is 1. The van der Waals surface area contributed by atoms with Crippen molar-refractivity contribution in [2.24, 2.45) is 0 Å². The fraction of sp³-hybridized carbons (Fsp3) is 0.278. The maximum atomic E-state index is 12.8. The molecule has 0 unspecified atom stereocenters. The molecule has 0 fully saturated rings. The molecule has 0 aliphatic heterocycles. The zero-order valence-corrected chi connectivity index (χ0v) is 16.7. The van der Waals surface area contributed by atoms with Gasteiger partial charge in [0.2, 0.25) is 10.0 Å². The van der Waals surface area contributed by atoms with Crippen molar-refractivity contribution in [2.45, 2.75) is 25.7 Å². The average Bonchev–Trinajstić information content (AvgIpc) is 2.57. The normalized spacial score (nSPS) is 11.1. The Hall–Kier alpha value is -2.09. The van der Waals surface area contributed by atoms with E-state index in [0.717, 1.165) is 0 Å². The van der Waals surface area contributed by atoms with Crippen LogP contribution in [-0.4, -0.2) is 31.7 Å². The van der Waals surface area contributed by atoms with Gasteiger partial charge in [-0.2, -0.15) is 4.31 Å². The molecule has 26 heavy (non-hydrogen) atoms. The smallest absolute Gasteiger partial charge is 0.255 e. The maximum Gasteiger partial charge on any atom is 0.255 e. The summed E-state index contributed by atoms with van der Waals surface area (Å²) in [5.41, 5.74) is 7.64. The van der Waals surface area contributed by atoms with Gasteiger partial charge in [-0.3, -0.25) is 4.79 Å². The van der Waals surface area contributed by atoms with Crippen LogP contribution in [0.25, 0.3) is 0 Å². The van der Waals surface area contributed by atoms with Crippen molar-refractivity contribution in [1.29, 1.82) is 0 Å². The summed E-state index contributed by atoms with van der Waals surface area (Å²) < 4.78 is 26.9. The van der Waals surface area contributed by atoms with Crippen molar-refractivity contribution >= 4 is 39.7 Å². The fourth-order valence-corrected chi connectivity index (χ4v) is 4.25. The van der Waals surface area contributed by atoms with Crippen LogP contribution in [0.15, 0.2) is 47.4 Å². The molecule has 1 amide bonds. The third-order valence-electron chi connectivity index (χ3n) is 3.92. The summed E-state index contributed by atoms with van der Waals surface area (Å²) in [6, 6.07) is 11.5. The highest BCUT2D eigenvalue weighted by molar-refractivity contribution is 7.89. The third-order valence-corrected chi connectivity index (χ3v) is 6.11. The van der Waals surface area contributed by atoms with Crippen molar-refractivity contribution in [3.05, 3.63) is 53.6 Å². The van der Waals surface area contributed by atoms with E-state index >= 15 is 0 Å². The van der Waals surface area contributed by atoms with Crippen LogP contribution in [0.5, 0.6) is 0 Å². The van der Waals surface area contributed by atoms with Gasteiger partial charge in [0.15, 0.2) is 0 Å². The van der Waals surface area contributed by atoms with Crippen LogP contribution >= 0.6 is 12.4 Å². The van der Waals surface area contributed by atoms with E-state index in [0.29, 0.717) is 35.6 Å². The quantitative estimate of drug-likeness (QED) is 0.731. The Balaban J connectivity index is 0.00000338. The van der Waals surface area contributed by atoms with E-state index in [2.05, 4.69) is 5.32 Å². The lowest BCUT2D eigenvalue weighted by molar-refractivity contribution is 0.102. The lowest BCUT2D eigenvalue weighted by Gasteiger charge is -2.20. The molecular formula is C18H24ClN3O3S. The van der Waals surface area contributed by atoms with Crippen LogP contribution in [0.1, 0.15) is 29.8 Å². The molecule has 3 N–H and O–H groups in total. The number of sulfonamides is 1. The molecule has 6 nitrogen and oxygen atoms in total. The highest BCUT2D eigenvalue weighted by Gasteiger charge is 2.24. The number of nitrogens with two attached hydrogens (primary N) is 1. The molecule has 0 aliphatic carbocycles. The molecule has 8 heteroatoms. The molecule has 0 saturated heterocycles. The predicted octanol–water partition coefficient (Wildman–Crippen LogP) is 3.28. The molecule has 0 heterocycles. The number of carbonyl (C=O) groups is 1. The van der Waals surface area contributed by atoms with E-state index in [4.69, 9.17) is 5.73 Å². The summed E-state index contributed by atoms with van der Waals surface area (Å²) >= 11 is 0. The number of nitrogens with zero attached hydrogens (tertiary/aromatic N) is 1. The van der Waals surface area contributed by atoms with Gasteiger partial charge in [0, 0.05) is 30.0 Å². The van der Waals surface area contributed by atoms with Gasteiger partial charge in [0.05, 0.1) is 4.90 Å². The van der Waals surface area contributed by atoms with Gasteiger partial charge >= 0.3 is 0 Å². The Morgan fingerprint density at radius 1 is 1.12 bits per heavy atom. The first-order chi connectivity index (χ1) is 11.8. The van der Waals surface area contributed by atoms with E-state index in [1.54, 1.807) is 57.2 Å². The summed E-state index contributed by atoms with van der Waals surface area (Å²) in [5, 5.41) is 2.72. The van der Waals surface area contributed by atoms with Gasteiger partial charge in [-0.25, -0.2) is 8.42 Å². The number of hydrogen-bond donors (Lipinski definition) is 2. The Morgan fingerprint density at radius 2 is 1.77 bits per heavy atom. The van der Waals surface area contributed by atoms with E-state index in [9.17, 15) is 13.2 Å². The number of rotatable bonds is 6. The first-order valence-electron chi connectivity index (χ1n) is 8.07. The lowest BCUT2D eigenvalue weighted by atomic mass is 10.1. The van der Waals surface area contributed by atoms with Gasteiger partial charge < -0.3 is 11.1 Å². The van der Waals surface area contributed by atoms with Gasteiger partial charge in [0.25, 0.3) is 5.91 Å². The fourth-order valence-electron chi connectivity index (χ4n) is 2.54. The van der Waals surface area contributed by atoms with Crippen LogP contribution in [0.4, 0.5) is 11.4 Å². The number of nitrogen functional groups attached to an aromatic ring is 1. The van der Waals surface area contributed by atoms with Crippen LogP contribution in [0.2, 0.25) is 0 Å².